The van der Waals surface area contributed by atoms with Gasteiger partial charge >= 0.3 is 0 Å². The molecule has 40 heavy (non-hydrogen) atoms. The van der Waals surface area contributed by atoms with Gasteiger partial charge in [-0.2, -0.15) is 13.0 Å². The molecule has 0 aliphatic heterocycles. The topological polar surface area (TPSA) is 71.1 Å². The van der Waals surface area contributed by atoms with Crippen molar-refractivity contribution in [1.29, 1.82) is 0 Å². The molecule has 0 spiro atoms. The molecule has 0 fully saturated rings. The fourth-order valence-corrected chi connectivity index (χ4v) is 8.14. The average molecular weight is 586 g/mol. The van der Waals surface area contributed by atoms with Crippen molar-refractivity contribution in [2.45, 2.75) is 32.7 Å². The van der Waals surface area contributed by atoms with E-state index in [2.05, 4.69) is 78.2 Å². The van der Waals surface area contributed by atoms with E-state index in [1.54, 1.807) is 22.7 Å². The van der Waals surface area contributed by atoms with Gasteiger partial charge in [0.1, 0.15) is 16.3 Å². The van der Waals surface area contributed by atoms with Crippen LogP contribution in [0.4, 0.5) is 0 Å². The van der Waals surface area contributed by atoms with Gasteiger partial charge in [0.25, 0.3) is 10.1 Å². The minimum Gasteiger partial charge on any atom is -0.286 e. The molecule has 202 valence electrons. The van der Waals surface area contributed by atoms with Crippen LogP contribution >= 0.6 is 22.7 Å². The van der Waals surface area contributed by atoms with Crippen LogP contribution in [0.15, 0.2) is 91.0 Å². The molecule has 2 aromatic heterocycles. The van der Waals surface area contributed by atoms with Crippen LogP contribution in [0.2, 0.25) is 0 Å². The third kappa shape index (κ3) is 5.58. The van der Waals surface area contributed by atoms with E-state index in [0.29, 0.717) is 12.8 Å². The van der Waals surface area contributed by atoms with Crippen LogP contribution < -0.4 is 4.57 Å². The normalized spacial score (nSPS) is 11.9. The monoisotopic (exact) mass is 585 g/mol. The Labute approximate surface area is 242 Å². The van der Waals surface area contributed by atoms with Gasteiger partial charge in [0.05, 0.1) is 22.4 Å². The summed E-state index contributed by atoms with van der Waals surface area (Å²) in [5, 5.41) is 2.30. The maximum absolute atomic E-state index is 11.5. The minimum atomic E-state index is -4.02. The number of benzene rings is 4. The van der Waals surface area contributed by atoms with E-state index in [1.807, 2.05) is 24.3 Å². The Balaban J connectivity index is 1.40. The van der Waals surface area contributed by atoms with Gasteiger partial charge in [0.15, 0.2) is 0 Å². The number of fused-ring (bicyclic) bond motifs is 2. The lowest BCUT2D eigenvalue weighted by molar-refractivity contribution is -0.670. The van der Waals surface area contributed by atoms with Crippen LogP contribution in [-0.4, -0.2) is 23.7 Å². The van der Waals surface area contributed by atoms with E-state index in [4.69, 9.17) is 4.98 Å². The van der Waals surface area contributed by atoms with E-state index in [1.165, 1.54) is 25.5 Å². The van der Waals surface area contributed by atoms with Gasteiger partial charge in [-0.1, -0.05) is 84.1 Å². The molecule has 1 N–H and O–H groups in total. The van der Waals surface area contributed by atoms with Gasteiger partial charge in [0, 0.05) is 5.56 Å². The van der Waals surface area contributed by atoms with E-state index >= 15 is 0 Å². The molecule has 0 aliphatic carbocycles. The summed E-state index contributed by atoms with van der Waals surface area (Å²) in [6, 6.07) is 31.4. The Kier molecular flexibility index (Phi) is 7.51. The van der Waals surface area contributed by atoms with E-state index in [9.17, 15) is 13.0 Å². The molecule has 2 heterocycles. The molecule has 4 aromatic carbocycles. The zero-order chi connectivity index (χ0) is 27.7. The third-order valence-electron chi connectivity index (χ3n) is 7.12. The summed E-state index contributed by atoms with van der Waals surface area (Å²) >= 11 is 3.51. The summed E-state index contributed by atoms with van der Waals surface area (Å²) in [6.07, 6.45) is 1.65. The summed E-state index contributed by atoms with van der Waals surface area (Å²) in [5.41, 5.74) is 7.83. The van der Waals surface area contributed by atoms with Gasteiger partial charge in [-0.3, -0.25) is 4.55 Å². The van der Waals surface area contributed by atoms with Crippen molar-refractivity contribution in [2.24, 2.45) is 0 Å². The maximum Gasteiger partial charge on any atom is 0.264 e. The SMILES string of the molecule is CC[n+]1c(Cc2nc3cc(-c4ccccc4)ccc3s2)sc2ccc(-c3ccccc3)c(CCCS(=O)(=O)O)c21. The lowest BCUT2D eigenvalue weighted by atomic mass is 9.95. The summed E-state index contributed by atoms with van der Waals surface area (Å²) < 4.78 is 37.1. The largest absolute Gasteiger partial charge is 0.286 e. The fraction of sp³-hybridized carbons (Fsp3) is 0.188. The second-order valence-corrected chi connectivity index (χ2v) is 13.6. The molecular formula is C32H29N2O3S3+. The second-order valence-electron chi connectivity index (χ2n) is 9.77. The third-order valence-corrected chi connectivity index (χ3v) is 10.1. The number of aryl methyl sites for hydroxylation is 2. The summed E-state index contributed by atoms with van der Waals surface area (Å²) in [6.45, 7) is 2.94. The average Bonchev–Trinajstić information content (AvgIpc) is 3.53. The predicted molar refractivity (Wildman–Crippen MR) is 166 cm³/mol. The lowest BCUT2D eigenvalue weighted by Crippen LogP contribution is -2.36. The van der Waals surface area contributed by atoms with Crippen molar-refractivity contribution in [1.82, 2.24) is 4.98 Å². The first-order valence-electron chi connectivity index (χ1n) is 13.3. The molecule has 0 saturated carbocycles. The van der Waals surface area contributed by atoms with E-state index in [0.717, 1.165) is 45.7 Å². The molecule has 0 saturated heterocycles. The zero-order valence-corrected chi connectivity index (χ0v) is 24.5. The number of nitrogens with zero attached hydrogens (tertiary/aromatic N) is 2. The lowest BCUT2D eigenvalue weighted by Gasteiger charge is -2.10. The van der Waals surface area contributed by atoms with Crippen LogP contribution in [0.1, 0.15) is 28.9 Å². The molecule has 0 amide bonds. The second kappa shape index (κ2) is 11.2. The highest BCUT2D eigenvalue weighted by Gasteiger charge is 2.26. The Morgan fingerprint density at radius 2 is 1.52 bits per heavy atom. The van der Waals surface area contributed by atoms with Crippen LogP contribution in [-0.2, 0) is 29.5 Å². The fourth-order valence-electron chi connectivity index (χ4n) is 5.33. The molecular weight excluding hydrogens is 557 g/mol. The quantitative estimate of drug-likeness (QED) is 0.140. The highest BCUT2D eigenvalue weighted by Crippen LogP contribution is 2.35. The zero-order valence-electron chi connectivity index (χ0n) is 22.1. The molecule has 5 nitrogen and oxygen atoms in total. The number of hydrogen-bond acceptors (Lipinski definition) is 5. The highest BCUT2D eigenvalue weighted by atomic mass is 32.2. The Morgan fingerprint density at radius 3 is 2.23 bits per heavy atom. The standard InChI is InChI=1S/C32H28N2O3S3/c1-2-34-31(21-30-33-27-20-24(15-17-28(27)38-30)22-10-5-3-6-11-22)39-29-18-16-25(23-12-7-4-8-13-23)26(32(29)34)14-9-19-40(35,36)37/h3-8,10-13,15-18,20H,2,9,14,19,21H2,1H3/p+1. The van der Waals surface area contributed by atoms with Crippen molar-refractivity contribution in [3.63, 3.8) is 0 Å². The van der Waals surface area contributed by atoms with Crippen molar-refractivity contribution in [3.05, 3.63) is 107 Å². The first-order chi connectivity index (χ1) is 19.4. The van der Waals surface area contributed by atoms with Gasteiger partial charge in [0.2, 0.25) is 10.5 Å². The number of aromatic nitrogens is 2. The first kappa shape index (κ1) is 26.8. The molecule has 0 unspecified atom stereocenters. The maximum atomic E-state index is 11.5. The van der Waals surface area contributed by atoms with E-state index < -0.39 is 10.1 Å². The summed E-state index contributed by atoms with van der Waals surface area (Å²) in [4.78, 5) is 5.02. The van der Waals surface area contributed by atoms with Gasteiger partial charge in [-0.25, -0.2) is 4.98 Å². The van der Waals surface area contributed by atoms with Crippen molar-refractivity contribution < 1.29 is 17.5 Å². The van der Waals surface area contributed by atoms with E-state index in [-0.39, 0.29) is 5.75 Å². The van der Waals surface area contributed by atoms with Crippen LogP contribution in [0.5, 0.6) is 0 Å². The Bertz CT molecular complexity index is 1910. The minimum absolute atomic E-state index is 0.253. The molecule has 0 atom stereocenters. The predicted octanol–water partition coefficient (Wildman–Crippen LogP) is 7.56. The van der Waals surface area contributed by atoms with Gasteiger partial charge in [-0.05, 0) is 60.2 Å². The van der Waals surface area contributed by atoms with Crippen LogP contribution in [0, 0.1) is 0 Å². The number of thiazole rings is 2. The van der Waals surface area contributed by atoms with Crippen molar-refractivity contribution in [2.75, 3.05) is 5.75 Å². The molecule has 0 radical (unpaired) electrons. The Hall–Kier alpha value is -3.43. The number of hydrogen-bond donors (Lipinski definition) is 1. The van der Waals surface area contributed by atoms with Crippen molar-refractivity contribution >= 4 is 53.2 Å². The Morgan fingerprint density at radius 1 is 0.825 bits per heavy atom. The van der Waals surface area contributed by atoms with Crippen LogP contribution in [0.3, 0.4) is 0 Å². The van der Waals surface area contributed by atoms with Gasteiger partial charge < -0.3 is 0 Å². The highest BCUT2D eigenvalue weighted by molar-refractivity contribution is 7.85. The number of rotatable bonds is 9. The molecule has 0 aliphatic rings. The first-order valence-corrected chi connectivity index (χ1v) is 16.6. The summed E-state index contributed by atoms with van der Waals surface area (Å²) in [7, 11) is -4.02. The smallest absolute Gasteiger partial charge is 0.264 e. The van der Waals surface area contributed by atoms with Crippen molar-refractivity contribution in [3.8, 4) is 22.3 Å². The molecule has 6 rings (SSSR count). The van der Waals surface area contributed by atoms with Crippen LogP contribution in [0.25, 0.3) is 42.7 Å². The summed E-state index contributed by atoms with van der Waals surface area (Å²) in [5.74, 6) is -0.253. The van der Waals surface area contributed by atoms with Gasteiger partial charge in [-0.15, -0.1) is 11.3 Å². The molecule has 8 heteroatoms. The molecule has 6 aromatic rings. The molecule has 0 bridgehead atoms.